The first kappa shape index (κ1) is 21.5. The average molecular weight is 448 g/mol. The number of hydrogen-bond acceptors (Lipinski definition) is 5. The predicted molar refractivity (Wildman–Crippen MR) is 122 cm³/mol. The molecule has 1 N–H and O–H groups in total. The maximum Gasteiger partial charge on any atom is 0.309 e. The highest BCUT2D eigenvalue weighted by atomic mass is 19.1. The molecule has 1 aromatic heterocycles. The van der Waals surface area contributed by atoms with Gasteiger partial charge in [-0.1, -0.05) is 60.5 Å². The van der Waals surface area contributed by atoms with Crippen LogP contribution in [0.5, 0.6) is 0 Å². The van der Waals surface area contributed by atoms with E-state index in [4.69, 9.17) is 9.63 Å². The Kier molecular flexibility index (Phi) is 5.81. The van der Waals surface area contributed by atoms with Crippen LogP contribution in [0.2, 0.25) is 0 Å². The van der Waals surface area contributed by atoms with Gasteiger partial charge in [-0.2, -0.15) is 4.98 Å². The molecule has 2 aromatic carbocycles. The maximum atomic E-state index is 13.8. The Morgan fingerprint density at radius 1 is 1.18 bits per heavy atom. The summed E-state index contributed by atoms with van der Waals surface area (Å²) in [6.45, 7) is 1.91. The van der Waals surface area contributed by atoms with Crippen LogP contribution in [-0.2, 0) is 16.8 Å². The Morgan fingerprint density at radius 3 is 2.64 bits per heavy atom. The van der Waals surface area contributed by atoms with Crippen molar-refractivity contribution in [3.63, 3.8) is 0 Å². The van der Waals surface area contributed by atoms with Gasteiger partial charge in [0.15, 0.2) is 0 Å². The van der Waals surface area contributed by atoms with Crippen LogP contribution >= 0.6 is 0 Å². The van der Waals surface area contributed by atoms with Gasteiger partial charge in [0.05, 0.1) is 5.92 Å². The first-order chi connectivity index (χ1) is 16.0. The van der Waals surface area contributed by atoms with E-state index in [1.165, 1.54) is 6.07 Å². The molecule has 6 nitrogen and oxygen atoms in total. The minimum atomic E-state index is -0.724. The summed E-state index contributed by atoms with van der Waals surface area (Å²) in [4.78, 5) is 17.6. The summed E-state index contributed by atoms with van der Waals surface area (Å²) in [7, 11) is 0. The van der Waals surface area contributed by atoms with Crippen molar-refractivity contribution in [1.29, 1.82) is 0 Å². The lowest BCUT2D eigenvalue weighted by atomic mass is 9.78. The van der Waals surface area contributed by atoms with Crippen LogP contribution in [0.4, 0.5) is 4.39 Å². The number of nitrogens with zero attached hydrogens (tertiary/aromatic N) is 3. The van der Waals surface area contributed by atoms with Gasteiger partial charge in [0.25, 0.3) is 5.89 Å². The number of aliphatic carboxylic acids is 1. The lowest BCUT2D eigenvalue weighted by Crippen LogP contribution is -2.49. The van der Waals surface area contributed by atoms with Crippen molar-refractivity contribution < 1.29 is 18.8 Å². The van der Waals surface area contributed by atoms with E-state index in [9.17, 15) is 9.18 Å². The van der Waals surface area contributed by atoms with Gasteiger partial charge in [0.2, 0.25) is 5.82 Å². The fourth-order valence-electron chi connectivity index (χ4n) is 4.88. The van der Waals surface area contributed by atoms with Gasteiger partial charge in [-0.05, 0) is 36.1 Å². The van der Waals surface area contributed by atoms with Crippen LogP contribution in [0.25, 0.3) is 17.5 Å². The zero-order valence-corrected chi connectivity index (χ0v) is 18.3. The summed E-state index contributed by atoms with van der Waals surface area (Å²) in [6, 6.07) is 14.8. The second kappa shape index (κ2) is 8.90. The molecule has 1 aliphatic carbocycles. The molecule has 2 aliphatic rings. The van der Waals surface area contributed by atoms with Crippen LogP contribution in [0.3, 0.4) is 0 Å². The van der Waals surface area contributed by atoms with Crippen LogP contribution < -0.4 is 0 Å². The lowest BCUT2D eigenvalue weighted by Gasteiger charge is -2.36. The molecular weight excluding hydrogens is 421 g/mol. The highest BCUT2D eigenvalue weighted by molar-refractivity contribution is 5.71. The predicted octanol–water partition coefficient (Wildman–Crippen LogP) is 4.92. The van der Waals surface area contributed by atoms with Gasteiger partial charge >= 0.3 is 5.97 Å². The first-order valence-electron chi connectivity index (χ1n) is 11.3. The number of likely N-dealkylation sites (tertiary alicyclic amines) is 1. The molecule has 1 saturated heterocycles. The van der Waals surface area contributed by atoms with Gasteiger partial charge in [-0.15, -0.1) is 0 Å². The molecule has 0 bridgehead atoms. The number of carboxylic acids is 1. The standard InChI is InChI=1S/C26H26FN3O3/c27-22-5-3-4-21(14-22)26(11-1-2-12-26)13-10-23-28-24(29-33-23)19-8-6-18(7-9-19)15-30-16-20(17-30)25(31)32/h3-10,13-14,20H,1-2,11-12,15-17H2,(H,31,32). The third kappa shape index (κ3) is 4.59. The Hall–Kier alpha value is -3.32. The minimum absolute atomic E-state index is 0.200. The third-order valence-electron chi connectivity index (χ3n) is 6.81. The van der Waals surface area contributed by atoms with Gasteiger partial charge in [-0.25, -0.2) is 4.39 Å². The highest BCUT2D eigenvalue weighted by Gasteiger charge is 2.34. The largest absolute Gasteiger partial charge is 0.481 e. The van der Waals surface area contributed by atoms with E-state index >= 15 is 0 Å². The zero-order valence-electron chi connectivity index (χ0n) is 18.3. The van der Waals surface area contributed by atoms with Crippen LogP contribution in [0.15, 0.2) is 59.1 Å². The molecule has 1 aliphatic heterocycles. The molecule has 33 heavy (non-hydrogen) atoms. The number of rotatable bonds is 7. The van der Waals surface area contributed by atoms with E-state index in [0.29, 0.717) is 24.8 Å². The normalized spacial score (nSPS) is 18.6. The van der Waals surface area contributed by atoms with E-state index in [1.54, 1.807) is 12.1 Å². The zero-order chi connectivity index (χ0) is 22.8. The Labute approximate surface area is 191 Å². The first-order valence-corrected chi connectivity index (χ1v) is 11.3. The third-order valence-corrected chi connectivity index (χ3v) is 6.81. The number of halogens is 1. The van der Waals surface area contributed by atoms with Crippen molar-refractivity contribution in [2.45, 2.75) is 37.6 Å². The molecule has 3 aromatic rings. The summed E-state index contributed by atoms with van der Waals surface area (Å²) >= 11 is 0. The molecule has 0 amide bonds. The molecule has 0 atom stereocenters. The van der Waals surface area contributed by atoms with Crippen LogP contribution in [0.1, 0.15) is 42.7 Å². The fourth-order valence-corrected chi connectivity index (χ4v) is 4.88. The second-order valence-electron chi connectivity index (χ2n) is 9.09. The van der Waals surface area contributed by atoms with Gasteiger partial charge < -0.3 is 9.63 Å². The number of benzene rings is 2. The van der Waals surface area contributed by atoms with Crippen molar-refractivity contribution in [2.24, 2.45) is 5.92 Å². The average Bonchev–Trinajstić information content (AvgIpc) is 3.45. The van der Waals surface area contributed by atoms with Crippen molar-refractivity contribution >= 4 is 12.0 Å². The molecule has 5 rings (SSSR count). The van der Waals surface area contributed by atoms with E-state index in [1.807, 2.05) is 36.4 Å². The molecule has 170 valence electrons. The van der Waals surface area contributed by atoms with Crippen LogP contribution in [-0.4, -0.2) is 39.2 Å². The maximum absolute atomic E-state index is 13.8. The second-order valence-corrected chi connectivity index (χ2v) is 9.09. The molecule has 0 unspecified atom stereocenters. The molecule has 2 heterocycles. The van der Waals surface area contributed by atoms with Crippen molar-refractivity contribution in [3.05, 3.63) is 77.4 Å². The summed E-state index contributed by atoms with van der Waals surface area (Å²) in [6.07, 6.45) is 8.10. The number of carbonyl (C=O) groups is 1. The Bertz CT molecular complexity index is 1160. The molecule has 7 heteroatoms. The van der Waals surface area contributed by atoms with Crippen LogP contribution in [0, 0.1) is 11.7 Å². The van der Waals surface area contributed by atoms with E-state index in [0.717, 1.165) is 48.9 Å². The monoisotopic (exact) mass is 447 g/mol. The summed E-state index contributed by atoms with van der Waals surface area (Å²) in [5.74, 6) is -0.247. The minimum Gasteiger partial charge on any atom is -0.481 e. The van der Waals surface area contributed by atoms with E-state index in [-0.39, 0.29) is 17.2 Å². The summed E-state index contributed by atoms with van der Waals surface area (Å²) < 4.78 is 19.3. The molecule has 0 spiro atoms. The molecule has 2 fully saturated rings. The van der Waals surface area contributed by atoms with Crippen molar-refractivity contribution in [2.75, 3.05) is 13.1 Å². The van der Waals surface area contributed by atoms with Gasteiger partial charge in [0.1, 0.15) is 5.82 Å². The van der Waals surface area contributed by atoms with E-state index < -0.39 is 5.97 Å². The molecular formula is C26H26FN3O3. The summed E-state index contributed by atoms with van der Waals surface area (Å²) in [5.41, 5.74) is 2.76. The lowest BCUT2D eigenvalue weighted by molar-refractivity contribution is -0.147. The Balaban J connectivity index is 1.26. The van der Waals surface area contributed by atoms with Crippen molar-refractivity contribution in [1.82, 2.24) is 15.0 Å². The van der Waals surface area contributed by atoms with Crippen molar-refractivity contribution in [3.8, 4) is 11.4 Å². The van der Waals surface area contributed by atoms with Gasteiger partial charge in [-0.3, -0.25) is 9.69 Å². The van der Waals surface area contributed by atoms with E-state index in [2.05, 4.69) is 21.1 Å². The number of allylic oxidation sites excluding steroid dienone is 1. The quantitative estimate of drug-likeness (QED) is 0.554. The SMILES string of the molecule is O=C(O)C1CN(Cc2ccc(-c3noc(C=CC4(c5cccc(F)c5)CCCC4)n3)cc2)C1. The topological polar surface area (TPSA) is 79.5 Å². The molecule has 1 saturated carbocycles. The Morgan fingerprint density at radius 2 is 1.94 bits per heavy atom. The highest BCUT2D eigenvalue weighted by Crippen LogP contribution is 2.43. The fraction of sp³-hybridized carbons (Fsp3) is 0.346. The van der Waals surface area contributed by atoms with Gasteiger partial charge in [0, 0.05) is 36.7 Å². The number of aromatic nitrogens is 2. The smallest absolute Gasteiger partial charge is 0.309 e. The number of hydrogen-bond donors (Lipinski definition) is 1. The number of carboxylic acid groups (broad SMARTS) is 1. The molecule has 0 radical (unpaired) electrons. The summed E-state index contributed by atoms with van der Waals surface area (Å²) in [5, 5.41) is 13.1.